The molecule has 0 aliphatic rings. The Morgan fingerprint density at radius 2 is 2.00 bits per heavy atom. The van der Waals surface area contributed by atoms with E-state index in [4.69, 9.17) is 4.74 Å². The fourth-order valence-electron chi connectivity index (χ4n) is 1.11. The maximum atomic E-state index is 11.2. The minimum absolute atomic E-state index is 0.450. The van der Waals surface area contributed by atoms with E-state index in [0.29, 0.717) is 6.61 Å². The van der Waals surface area contributed by atoms with Gasteiger partial charge in [-0.2, -0.15) is 0 Å². The Hall–Kier alpha value is -1.75. The second kappa shape index (κ2) is 6.68. The molecule has 1 aromatic carbocycles. The van der Waals surface area contributed by atoms with Crippen molar-refractivity contribution in [2.75, 3.05) is 6.61 Å². The van der Waals surface area contributed by atoms with E-state index in [1.807, 2.05) is 38.1 Å². The number of benzene rings is 1. The van der Waals surface area contributed by atoms with Gasteiger partial charge in [-0.05, 0) is 25.5 Å². The number of aryl methyl sites for hydroxylation is 1. The SMILES string of the molecule is CCCCOC(=O)C#Cc1ccc(C)cc1. The topological polar surface area (TPSA) is 26.3 Å². The van der Waals surface area contributed by atoms with Gasteiger partial charge in [-0.3, -0.25) is 0 Å². The summed E-state index contributed by atoms with van der Waals surface area (Å²) in [6, 6.07) is 7.71. The molecule has 2 nitrogen and oxygen atoms in total. The Kier molecular flexibility index (Phi) is 5.15. The summed E-state index contributed by atoms with van der Waals surface area (Å²) in [5.41, 5.74) is 2.01. The molecular weight excluding hydrogens is 200 g/mol. The summed E-state index contributed by atoms with van der Waals surface area (Å²) in [6.45, 7) is 4.51. The van der Waals surface area contributed by atoms with Gasteiger partial charge in [-0.25, -0.2) is 4.79 Å². The van der Waals surface area contributed by atoms with Gasteiger partial charge in [0, 0.05) is 11.5 Å². The first-order valence-corrected chi connectivity index (χ1v) is 5.48. The molecule has 0 aromatic heterocycles. The molecule has 0 saturated carbocycles. The molecule has 0 saturated heterocycles. The summed E-state index contributed by atoms with van der Waals surface area (Å²) >= 11 is 0. The summed E-state index contributed by atoms with van der Waals surface area (Å²) in [5.74, 6) is 4.79. The Morgan fingerprint density at radius 1 is 1.31 bits per heavy atom. The number of rotatable bonds is 3. The fourth-order valence-corrected chi connectivity index (χ4v) is 1.11. The smallest absolute Gasteiger partial charge is 0.384 e. The third-order valence-corrected chi connectivity index (χ3v) is 2.09. The number of hydrogen-bond donors (Lipinski definition) is 0. The molecule has 0 bridgehead atoms. The van der Waals surface area contributed by atoms with Crippen LogP contribution in [0.15, 0.2) is 24.3 Å². The first-order valence-electron chi connectivity index (χ1n) is 5.48. The molecule has 0 unspecified atom stereocenters. The highest BCUT2D eigenvalue weighted by Crippen LogP contribution is 2.00. The molecule has 0 fully saturated rings. The standard InChI is InChI=1S/C14H16O2/c1-3-4-11-16-14(15)10-9-13-7-5-12(2)6-8-13/h5-8H,3-4,11H2,1-2H3. The van der Waals surface area contributed by atoms with Gasteiger partial charge in [-0.1, -0.05) is 37.0 Å². The lowest BCUT2D eigenvalue weighted by molar-refractivity contribution is -0.136. The molecule has 2 heteroatoms. The quantitative estimate of drug-likeness (QED) is 0.441. The van der Waals surface area contributed by atoms with Gasteiger partial charge in [0.1, 0.15) is 0 Å². The van der Waals surface area contributed by atoms with Crippen LogP contribution in [-0.2, 0) is 9.53 Å². The Bertz CT molecular complexity index is 393. The van der Waals surface area contributed by atoms with Gasteiger partial charge in [-0.15, -0.1) is 0 Å². The van der Waals surface area contributed by atoms with Crippen LogP contribution in [0.2, 0.25) is 0 Å². The zero-order valence-electron chi connectivity index (χ0n) is 9.75. The van der Waals surface area contributed by atoms with E-state index in [1.165, 1.54) is 5.56 Å². The molecule has 0 aliphatic heterocycles. The first-order chi connectivity index (χ1) is 7.72. The lowest BCUT2D eigenvalue weighted by atomic mass is 10.2. The predicted molar refractivity (Wildman–Crippen MR) is 63.9 cm³/mol. The Morgan fingerprint density at radius 3 is 2.62 bits per heavy atom. The molecule has 0 N–H and O–H groups in total. The summed E-state index contributed by atoms with van der Waals surface area (Å²) < 4.78 is 4.92. The minimum atomic E-state index is -0.450. The molecule has 0 heterocycles. The van der Waals surface area contributed by atoms with E-state index in [2.05, 4.69) is 11.8 Å². The second-order valence-corrected chi connectivity index (χ2v) is 3.61. The first kappa shape index (κ1) is 12.3. The highest BCUT2D eigenvalue weighted by Gasteiger charge is 1.95. The van der Waals surface area contributed by atoms with Crippen molar-refractivity contribution in [3.63, 3.8) is 0 Å². The second-order valence-electron chi connectivity index (χ2n) is 3.61. The van der Waals surface area contributed by atoms with Crippen LogP contribution in [0.1, 0.15) is 30.9 Å². The number of ether oxygens (including phenoxy) is 1. The van der Waals surface area contributed by atoms with Crippen molar-refractivity contribution in [1.29, 1.82) is 0 Å². The molecule has 0 atom stereocenters. The van der Waals surface area contributed by atoms with Crippen LogP contribution in [0.5, 0.6) is 0 Å². The summed E-state index contributed by atoms with van der Waals surface area (Å²) in [7, 11) is 0. The lowest BCUT2D eigenvalue weighted by Gasteiger charge is -1.96. The highest BCUT2D eigenvalue weighted by atomic mass is 16.5. The van der Waals surface area contributed by atoms with E-state index < -0.39 is 5.97 Å². The monoisotopic (exact) mass is 216 g/mol. The van der Waals surface area contributed by atoms with Gasteiger partial charge < -0.3 is 4.74 Å². The lowest BCUT2D eigenvalue weighted by Crippen LogP contribution is -2.02. The molecule has 16 heavy (non-hydrogen) atoms. The molecule has 1 aromatic rings. The number of carbonyl (C=O) groups is 1. The molecule has 1 rings (SSSR count). The molecule has 0 amide bonds. The van der Waals surface area contributed by atoms with Crippen molar-refractivity contribution >= 4 is 5.97 Å². The van der Waals surface area contributed by atoms with E-state index >= 15 is 0 Å². The third kappa shape index (κ3) is 4.65. The molecule has 0 spiro atoms. The van der Waals surface area contributed by atoms with Crippen LogP contribution in [-0.4, -0.2) is 12.6 Å². The average molecular weight is 216 g/mol. The fraction of sp³-hybridized carbons (Fsp3) is 0.357. The maximum absolute atomic E-state index is 11.2. The van der Waals surface area contributed by atoms with Crippen LogP contribution < -0.4 is 0 Å². The molecule has 84 valence electrons. The van der Waals surface area contributed by atoms with Crippen molar-refractivity contribution in [2.24, 2.45) is 0 Å². The predicted octanol–water partition coefficient (Wildman–Crippen LogP) is 2.69. The van der Waals surface area contributed by atoms with Crippen LogP contribution in [0, 0.1) is 18.8 Å². The Balaban J connectivity index is 2.47. The van der Waals surface area contributed by atoms with Crippen molar-refractivity contribution in [3.8, 4) is 11.8 Å². The van der Waals surface area contributed by atoms with Gasteiger partial charge in [0.15, 0.2) is 0 Å². The van der Waals surface area contributed by atoms with E-state index in [9.17, 15) is 4.79 Å². The summed E-state index contributed by atoms with van der Waals surface area (Å²) in [5, 5.41) is 0. The van der Waals surface area contributed by atoms with Gasteiger partial charge in [0.25, 0.3) is 0 Å². The van der Waals surface area contributed by atoms with Crippen LogP contribution in [0.4, 0.5) is 0 Å². The summed E-state index contributed by atoms with van der Waals surface area (Å²) in [4.78, 5) is 11.2. The zero-order chi connectivity index (χ0) is 11.8. The highest BCUT2D eigenvalue weighted by molar-refractivity contribution is 5.89. The number of unbranched alkanes of at least 4 members (excludes halogenated alkanes) is 1. The maximum Gasteiger partial charge on any atom is 0.384 e. The van der Waals surface area contributed by atoms with Gasteiger partial charge >= 0.3 is 5.97 Å². The Labute approximate surface area is 96.6 Å². The van der Waals surface area contributed by atoms with E-state index in [0.717, 1.165) is 18.4 Å². The van der Waals surface area contributed by atoms with E-state index in [-0.39, 0.29) is 0 Å². The number of carbonyl (C=O) groups excluding carboxylic acids is 1. The largest absolute Gasteiger partial charge is 0.456 e. The number of esters is 1. The van der Waals surface area contributed by atoms with Crippen molar-refractivity contribution < 1.29 is 9.53 Å². The molecule has 0 radical (unpaired) electrons. The van der Waals surface area contributed by atoms with Crippen molar-refractivity contribution in [2.45, 2.75) is 26.7 Å². The van der Waals surface area contributed by atoms with E-state index in [1.54, 1.807) is 0 Å². The van der Waals surface area contributed by atoms with Crippen molar-refractivity contribution in [1.82, 2.24) is 0 Å². The van der Waals surface area contributed by atoms with Crippen molar-refractivity contribution in [3.05, 3.63) is 35.4 Å². The average Bonchev–Trinajstić information content (AvgIpc) is 2.29. The summed E-state index contributed by atoms with van der Waals surface area (Å²) in [6.07, 6.45) is 1.90. The minimum Gasteiger partial charge on any atom is -0.456 e. The van der Waals surface area contributed by atoms with Gasteiger partial charge in [0.05, 0.1) is 6.61 Å². The number of hydrogen-bond acceptors (Lipinski definition) is 2. The van der Waals surface area contributed by atoms with Crippen LogP contribution >= 0.6 is 0 Å². The zero-order valence-corrected chi connectivity index (χ0v) is 9.75. The molecule has 0 aliphatic carbocycles. The van der Waals surface area contributed by atoms with Crippen LogP contribution in [0.25, 0.3) is 0 Å². The van der Waals surface area contributed by atoms with Crippen LogP contribution in [0.3, 0.4) is 0 Å². The molecular formula is C14H16O2. The van der Waals surface area contributed by atoms with Gasteiger partial charge in [0.2, 0.25) is 0 Å². The third-order valence-electron chi connectivity index (χ3n) is 2.09. The normalized spacial score (nSPS) is 9.12.